The molecule has 0 fully saturated rings. The van der Waals surface area contributed by atoms with E-state index < -0.39 is 5.97 Å². The molecule has 0 aliphatic heterocycles. The van der Waals surface area contributed by atoms with Crippen LogP contribution in [0.1, 0.15) is 71.1 Å². The Morgan fingerprint density at radius 1 is 0.950 bits per heavy atom. The Morgan fingerprint density at radius 2 is 1.40 bits per heavy atom. The van der Waals surface area contributed by atoms with Crippen LogP contribution in [-0.4, -0.2) is 23.5 Å². The number of carbonyl (C=O) groups excluding carboxylic acids is 2. The molecule has 0 saturated carbocycles. The zero-order valence-electron chi connectivity index (χ0n) is 13.0. The largest absolute Gasteiger partial charge is 1.00 e. The first-order chi connectivity index (χ1) is 9.07. The zero-order chi connectivity index (χ0) is 14.5. The van der Waals surface area contributed by atoms with E-state index in [9.17, 15) is 14.7 Å². The number of carboxylic acids is 1. The number of aliphatic carboxylic acids is 1. The number of hydrogen-bond acceptors (Lipinski definition) is 4. The van der Waals surface area contributed by atoms with Crippen LogP contribution in [0.15, 0.2) is 0 Å². The van der Waals surface area contributed by atoms with E-state index in [1.54, 1.807) is 0 Å². The summed E-state index contributed by atoms with van der Waals surface area (Å²) in [7, 11) is 0. The Labute approximate surface area is 144 Å². The van der Waals surface area contributed by atoms with Crippen molar-refractivity contribution in [2.75, 3.05) is 6.61 Å². The molecular weight excluding hydrogens is 267 g/mol. The van der Waals surface area contributed by atoms with E-state index >= 15 is 0 Å². The third-order valence-electron chi connectivity index (χ3n) is 3.42. The first-order valence-electron chi connectivity index (χ1n) is 7.41. The van der Waals surface area contributed by atoms with Crippen LogP contribution in [0, 0.1) is 5.92 Å². The van der Waals surface area contributed by atoms with Crippen LogP contribution in [0.4, 0.5) is 0 Å². The summed E-state index contributed by atoms with van der Waals surface area (Å²) < 4.78 is 0. The van der Waals surface area contributed by atoms with Gasteiger partial charge >= 0.3 is 29.6 Å². The topological polar surface area (TPSA) is 77.4 Å². The Bertz CT molecular complexity index is 256. The van der Waals surface area contributed by atoms with Crippen molar-refractivity contribution >= 4 is 11.8 Å². The van der Waals surface area contributed by atoms with E-state index in [-0.39, 0.29) is 54.3 Å². The van der Waals surface area contributed by atoms with Gasteiger partial charge in [0.25, 0.3) is 0 Å². The Morgan fingerprint density at radius 3 is 1.85 bits per heavy atom. The van der Waals surface area contributed by atoms with Crippen LogP contribution in [0.5, 0.6) is 0 Å². The van der Waals surface area contributed by atoms with Crippen LogP contribution in [0.25, 0.3) is 0 Å². The van der Waals surface area contributed by atoms with Crippen molar-refractivity contribution in [2.24, 2.45) is 5.92 Å². The van der Waals surface area contributed by atoms with E-state index in [1.807, 2.05) is 6.92 Å². The fourth-order valence-electron chi connectivity index (χ4n) is 2.05. The standard InChI is InChI=1S/C15H28O4.Na/c1-13(11-12-16)14(17)9-7-5-3-2-4-6-8-10-15(18)19;/h13,16H,2-12H2,1H3,(H,18,19);/q;+1/p-1. The molecule has 0 saturated heterocycles. The second-order valence-corrected chi connectivity index (χ2v) is 5.23. The van der Waals surface area contributed by atoms with Crippen molar-refractivity contribution in [2.45, 2.75) is 71.1 Å². The molecular formula is C15H27NaO4. The summed E-state index contributed by atoms with van der Waals surface area (Å²) in [5, 5.41) is 18.9. The normalized spacial score (nSPS) is 11.7. The predicted molar refractivity (Wildman–Crippen MR) is 72.4 cm³/mol. The van der Waals surface area contributed by atoms with E-state index in [0.29, 0.717) is 19.3 Å². The van der Waals surface area contributed by atoms with Crippen LogP contribution < -0.4 is 34.7 Å². The van der Waals surface area contributed by atoms with Crippen molar-refractivity contribution < 1.29 is 49.4 Å². The van der Waals surface area contributed by atoms with E-state index in [1.165, 1.54) is 0 Å². The molecule has 1 unspecified atom stereocenters. The number of rotatable bonds is 13. The predicted octanol–water partition coefficient (Wildman–Crippen LogP) is -1.16. The van der Waals surface area contributed by atoms with Gasteiger partial charge in [0, 0.05) is 24.9 Å². The second kappa shape index (κ2) is 15.5. The maximum atomic E-state index is 11.6. The van der Waals surface area contributed by atoms with Gasteiger partial charge in [0.15, 0.2) is 0 Å². The summed E-state index contributed by atoms with van der Waals surface area (Å²) in [4.78, 5) is 21.8. The van der Waals surface area contributed by atoms with Gasteiger partial charge in [0.2, 0.25) is 0 Å². The van der Waals surface area contributed by atoms with Crippen molar-refractivity contribution in [3.8, 4) is 0 Å². The number of carboxylic acid groups (broad SMARTS) is 1. The first kappa shape index (κ1) is 22.4. The number of Topliss-reactive ketones (excluding diaryl/α,β-unsaturated/α-hetero) is 1. The first-order valence-corrected chi connectivity index (χ1v) is 7.41. The average Bonchev–Trinajstić information content (AvgIpc) is 2.36. The molecule has 0 aromatic carbocycles. The molecule has 0 aliphatic rings. The fraction of sp³-hybridized carbons (Fsp3) is 0.867. The van der Waals surface area contributed by atoms with Gasteiger partial charge in [-0.2, -0.15) is 0 Å². The number of aliphatic hydroxyl groups excluding tert-OH is 1. The maximum absolute atomic E-state index is 11.6. The molecule has 0 spiro atoms. The molecule has 0 radical (unpaired) electrons. The molecule has 1 N–H and O–H groups in total. The van der Waals surface area contributed by atoms with Gasteiger partial charge < -0.3 is 15.0 Å². The summed E-state index contributed by atoms with van der Waals surface area (Å²) in [6, 6.07) is 0. The molecule has 0 bridgehead atoms. The summed E-state index contributed by atoms with van der Waals surface area (Å²) in [5.74, 6) is -0.729. The van der Waals surface area contributed by atoms with Crippen molar-refractivity contribution in [1.82, 2.24) is 0 Å². The summed E-state index contributed by atoms with van der Waals surface area (Å²) >= 11 is 0. The SMILES string of the molecule is CC(CCO)C(=O)CCCCCCCCCC(=O)[O-].[Na+]. The van der Waals surface area contributed by atoms with Gasteiger partial charge in [-0.25, -0.2) is 0 Å². The molecule has 1 atom stereocenters. The molecule has 112 valence electrons. The number of carbonyl (C=O) groups is 2. The molecule has 0 aromatic rings. The molecule has 0 heterocycles. The number of hydrogen-bond donors (Lipinski definition) is 1. The number of unbranched alkanes of at least 4 members (excludes halogenated alkanes) is 6. The van der Waals surface area contributed by atoms with E-state index in [4.69, 9.17) is 5.11 Å². The molecule has 4 nitrogen and oxygen atoms in total. The zero-order valence-corrected chi connectivity index (χ0v) is 15.0. The third kappa shape index (κ3) is 14.5. The molecule has 0 aromatic heterocycles. The molecule has 0 aliphatic carbocycles. The molecule has 5 heteroatoms. The Balaban J connectivity index is 0. The number of aliphatic hydroxyl groups is 1. The quantitative estimate of drug-likeness (QED) is 0.343. The average molecular weight is 294 g/mol. The van der Waals surface area contributed by atoms with Crippen molar-refractivity contribution in [1.29, 1.82) is 0 Å². The molecule has 0 amide bonds. The fourth-order valence-corrected chi connectivity index (χ4v) is 2.05. The minimum absolute atomic E-state index is 0. The van der Waals surface area contributed by atoms with Crippen LogP contribution in [-0.2, 0) is 9.59 Å². The molecule has 0 rings (SSSR count). The van der Waals surface area contributed by atoms with E-state index in [0.717, 1.165) is 38.5 Å². The van der Waals surface area contributed by atoms with Gasteiger partial charge in [-0.05, 0) is 25.7 Å². The Hall–Kier alpha value is 0.100. The Kier molecular flexibility index (Phi) is 17.3. The van der Waals surface area contributed by atoms with Crippen LogP contribution in [0.3, 0.4) is 0 Å². The third-order valence-corrected chi connectivity index (χ3v) is 3.42. The number of ketones is 1. The van der Waals surface area contributed by atoms with Crippen molar-refractivity contribution in [3.05, 3.63) is 0 Å². The van der Waals surface area contributed by atoms with Crippen molar-refractivity contribution in [3.63, 3.8) is 0 Å². The van der Waals surface area contributed by atoms with E-state index in [2.05, 4.69) is 0 Å². The van der Waals surface area contributed by atoms with Gasteiger partial charge in [-0.1, -0.05) is 39.0 Å². The smallest absolute Gasteiger partial charge is 0.550 e. The van der Waals surface area contributed by atoms with Gasteiger partial charge in [0.05, 0.1) is 0 Å². The minimum atomic E-state index is -0.962. The maximum Gasteiger partial charge on any atom is 1.00 e. The van der Waals surface area contributed by atoms with Crippen LogP contribution in [0.2, 0.25) is 0 Å². The summed E-state index contributed by atoms with van der Waals surface area (Å²) in [6.07, 6.45) is 8.24. The summed E-state index contributed by atoms with van der Waals surface area (Å²) in [6.45, 7) is 1.95. The minimum Gasteiger partial charge on any atom is -0.550 e. The monoisotopic (exact) mass is 294 g/mol. The molecule has 20 heavy (non-hydrogen) atoms. The van der Waals surface area contributed by atoms with Gasteiger partial charge in [-0.15, -0.1) is 0 Å². The second-order valence-electron chi connectivity index (χ2n) is 5.23. The van der Waals surface area contributed by atoms with Crippen LogP contribution >= 0.6 is 0 Å². The van der Waals surface area contributed by atoms with Gasteiger partial charge in [-0.3, -0.25) is 4.79 Å². The summed E-state index contributed by atoms with van der Waals surface area (Å²) in [5.41, 5.74) is 0. The van der Waals surface area contributed by atoms with Gasteiger partial charge in [0.1, 0.15) is 5.78 Å².